The highest BCUT2D eigenvalue weighted by atomic mass is 16.5. The fourth-order valence-corrected chi connectivity index (χ4v) is 3.29. The van der Waals surface area contributed by atoms with E-state index in [1.54, 1.807) is 31.4 Å². The van der Waals surface area contributed by atoms with Crippen LogP contribution in [0.5, 0.6) is 5.75 Å². The van der Waals surface area contributed by atoms with Gasteiger partial charge in [-0.25, -0.2) is 0 Å². The van der Waals surface area contributed by atoms with Crippen LogP contribution in [-0.2, 0) is 11.3 Å². The summed E-state index contributed by atoms with van der Waals surface area (Å²) in [6, 6.07) is 14.9. The Labute approximate surface area is 165 Å². The van der Waals surface area contributed by atoms with E-state index in [0.717, 1.165) is 38.5 Å². The molecule has 0 aromatic heterocycles. The second-order valence-corrected chi connectivity index (χ2v) is 6.86. The number of nitrogens with two attached hydrogens (primary N) is 1. The summed E-state index contributed by atoms with van der Waals surface area (Å²) in [6.45, 7) is 4.62. The maximum Gasteiger partial charge on any atom is 0.250 e. The third kappa shape index (κ3) is 5.31. The van der Waals surface area contributed by atoms with E-state index in [-0.39, 0.29) is 5.91 Å². The number of methoxy groups -OCH3 is 1. The van der Waals surface area contributed by atoms with Crippen LogP contribution in [-0.4, -0.2) is 61.4 Å². The third-order valence-electron chi connectivity index (χ3n) is 4.86. The van der Waals surface area contributed by atoms with Gasteiger partial charge >= 0.3 is 0 Å². The first-order chi connectivity index (χ1) is 13.5. The summed E-state index contributed by atoms with van der Waals surface area (Å²) in [5.74, 6) is 0.165. The maximum atomic E-state index is 12.4. The molecule has 148 valence electrons. The second-order valence-electron chi connectivity index (χ2n) is 6.86. The van der Waals surface area contributed by atoms with Crippen LogP contribution in [0.25, 0.3) is 0 Å². The minimum Gasteiger partial charge on any atom is -0.497 e. The molecule has 0 saturated carbocycles. The Morgan fingerprint density at radius 3 is 2.29 bits per heavy atom. The van der Waals surface area contributed by atoms with Crippen LogP contribution in [0.3, 0.4) is 0 Å². The lowest BCUT2D eigenvalue weighted by atomic mass is 10.1. The molecule has 2 amide bonds. The van der Waals surface area contributed by atoms with Gasteiger partial charge in [0, 0.05) is 32.7 Å². The van der Waals surface area contributed by atoms with Crippen molar-refractivity contribution >= 4 is 17.5 Å². The van der Waals surface area contributed by atoms with E-state index < -0.39 is 5.91 Å². The van der Waals surface area contributed by atoms with Crippen molar-refractivity contribution in [2.45, 2.75) is 6.54 Å². The van der Waals surface area contributed by atoms with E-state index in [9.17, 15) is 9.59 Å². The zero-order valence-corrected chi connectivity index (χ0v) is 16.1. The number of ether oxygens (including phenoxy) is 1. The highest BCUT2D eigenvalue weighted by molar-refractivity contribution is 6.03. The number of nitrogens with zero attached hydrogens (tertiary/aromatic N) is 2. The van der Waals surface area contributed by atoms with E-state index >= 15 is 0 Å². The van der Waals surface area contributed by atoms with Crippen LogP contribution in [0.1, 0.15) is 15.9 Å². The van der Waals surface area contributed by atoms with Gasteiger partial charge < -0.3 is 15.8 Å². The first kappa shape index (κ1) is 19.9. The number of hydrogen-bond acceptors (Lipinski definition) is 5. The molecule has 3 N–H and O–H groups in total. The van der Waals surface area contributed by atoms with Gasteiger partial charge in [0.15, 0.2) is 0 Å². The highest BCUT2D eigenvalue weighted by Gasteiger charge is 2.20. The molecule has 0 unspecified atom stereocenters. The molecule has 2 aromatic carbocycles. The number of carbonyl (C=O) groups is 2. The number of piperazine rings is 1. The summed E-state index contributed by atoms with van der Waals surface area (Å²) in [4.78, 5) is 28.3. The Balaban J connectivity index is 1.46. The lowest BCUT2D eigenvalue weighted by Crippen LogP contribution is -2.48. The van der Waals surface area contributed by atoms with Crippen molar-refractivity contribution in [1.82, 2.24) is 9.80 Å². The van der Waals surface area contributed by atoms with Gasteiger partial charge in [0.1, 0.15) is 5.75 Å². The molecule has 7 nitrogen and oxygen atoms in total. The molecule has 1 aliphatic rings. The predicted octanol–water partition coefficient (Wildman–Crippen LogP) is 1.55. The SMILES string of the molecule is COc1ccc(CN2CCN(CC(=O)Nc3ccccc3C(N)=O)CC2)cc1. The quantitative estimate of drug-likeness (QED) is 0.759. The molecular formula is C21H26N4O3. The van der Waals surface area contributed by atoms with Crippen LogP contribution in [0, 0.1) is 0 Å². The fraction of sp³-hybridized carbons (Fsp3) is 0.333. The van der Waals surface area contributed by atoms with Gasteiger partial charge in [-0.05, 0) is 29.8 Å². The smallest absolute Gasteiger partial charge is 0.250 e. The molecule has 1 saturated heterocycles. The first-order valence-electron chi connectivity index (χ1n) is 9.31. The van der Waals surface area contributed by atoms with E-state index in [2.05, 4.69) is 27.2 Å². The number of para-hydroxylation sites is 1. The molecule has 0 radical (unpaired) electrons. The molecule has 0 aliphatic carbocycles. The van der Waals surface area contributed by atoms with Crippen LogP contribution < -0.4 is 15.8 Å². The number of nitrogens with one attached hydrogen (secondary N) is 1. The number of amides is 2. The van der Waals surface area contributed by atoms with Gasteiger partial charge in [0.05, 0.1) is 24.9 Å². The van der Waals surface area contributed by atoms with Gasteiger partial charge in [-0.3, -0.25) is 19.4 Å². The molecule has 1 aliphatic heterocycles. The largest absolute Gasteiger partial charge is 0.497 e. The molecule has 7 heteroatoms. The Hall–Kier alpha value is -2.90. The lowest BCUT2D eigenvalue weighted by molar-refractivity contribution is -0.117. The monoisotopic (exact) mass is 382 g/mol. The predicted molar refractivity (Wildman–Crippen MR) is 108 cm³/mol. The van der Waals surface area contributed by atoms with Crippen LogP contribution in [0.2, 0.25) is 0 Å². The van der Waals surface area contributed by atoms with Gasteiger partial charge in [0.2, 0.25) is 5.91 Å². The van der Waals surface area contributed by atoms with Gasteiger partial charge in [0.25, 0.3) is 5.91 Å². The molecule has 1 fully saturated rings. The van der Waals surface area contributed by atoms with Gasteiger partial charge in [-0.15, -0.1) is 0 Å². The first-order valence-corrected chi connectivity index (χ1v) is 9.31. The minimum atomic E-state index is -0.553. The zero-order valence-electron chi connectivity index (χ0n) is 16.1. The van der Waals surface area contributed by atoms with E-state index in [1.807, 2.05) is 12.1 Å². The average molecular weight is 382 g/mol. The number of carbonyl (C=O) groups excluding carboxylic acids is 2. The summed E-state index contributed by atoms with van der Waals surface area (Å²) >= 11 is 0. The van der Waals surface area contributed by atoms with Crippen molar-refractivity contribution < 1.29 is 14.3 Å². The summed E-state index contributed by atoms with van der Waals surface area (Å²) in [5.41, 5.74) is 7.38. The third-order valence-corrected chi connectivity index (χ3v) is 4.86. The number of primary amides is 1. The normalized spacial score (nSPS) is 15.2. The van der Waals surface area contributed by atoms with Crippen molar-refractivity contribution in [3.8, 4) is 5.75 Å². The van der Waals surface area contributed by atoms with E-state index in [1.165, 1.54) is 5.56 Å². The van der Waals surface area contributed by atoms with Crippen LogP contribution >= 0.6 is 0 Å². The maximum absolute atomic E-state index is 12.4. The summed E-state index contributed by atoms with van der Waals surface area (Å²) in [5, 5.41) is 2.79. The topological polar surface area (TPSA) is 87.9 Å². The highest BCUT2D eigenvalue weighted by Crippen LogP contribution is 2.16. The molecule has 2 aromatic rings. The van der Waals surface area contributed by atoms with Crippen molar-refractivity contribution in [2.75, 3.05) is 45.2 Å². The fourth-order valence-electron chi connectivity index (χ4n) is 3.29. The van der Waals surface area contributed by atoms with Crippen molar-refractivity contribution in [1.29, 1.82) is 0 Å². The van der Waals surface area contributed by atoms with Crippen LogP contribution in [0.15, 0.2) is 48.5 Å². The molecule has 28 heavy (non-hydrogen) atoms. The molecule has 1 heterocycles. The average Bonchev–Trinajstić information content (AvgIpc) is 2.70. The molecule has 0 bridgehead atoms. The van der Waals surface area contributed by atoms with Crippen LogP contribution in [0.4, 0.5) is 5.69 Å². The number of anilines is 1. The Bertz CT molecular complexity index is 815. The zero-order chi connectivity index (χ0) is 19.9. The summed E-state index contributed by atoms with van der Waals surface area (Å²) < 4.78 is 5.19. The van der Waals surface area contributed by atoms with Crippen molar-refractivity contribution in [3.63, 3.8) is 0 Å². The lowest BCUT2D eigenvalue weighted by Gasteiger charge is -2.34. The second kappa shape index (κ2) is 9.34. The molecule has 3 rings (SSSR count). The minimum absolute atomic E-state index is 0.141. The Morgan fingerprint density at radius 1 is 1.00 bits per heavy atom. The van der Waals surface area contributed by atoms with Gasteiger partial charge in [-0.2, -0.15) is 0 Å². The Morgan fingerprint density at radius 2 is 1.64 bits per heavy atom. The van der Waals surface area contributed by atoms with Crippen molar-refractivity contribution in [3.05, 3.63) is 59.7 Å². The molecular weight excluding hydrogens is 356 g/mol. The summed E-state index contributed by atoms with van der Waals surface area (Å²) in [6.07, 6.45) is 0. The number of benzene rings is 2. The molecule has 0 spiro atoms. The number of hydrogen-bond donors (Lipinski definition) is 2. The Kier molecular flexibility index (Phi) is 6.62. The number of rotatable bonds is 7. The standard InChI is InChI=1S/C21H26N4O3/c1-28-17-8-6-16(7-9-17)14-24-10-12-25(13-11-24)15-20(26)23-19-5-3-2-4-18(19)21(22)27/h2-9H,10-15H2,1H3,(H2,22,27)(H,23,26). The van der Waals surface area contributed by atoms with E-state index in [4.69, 9.17) is 10.5 Å². The van der Waals surface area contributed by atoms with Gasteiger partial charge in [-0.1, -0.05) is 24.3 Å². The van der Waals surface area contributed by atoms with E-state index in [0.29, 0.717) is 17.8 Å². The van der Waals surface area contributed by atoms with Crippen molar-refractivity contribution in [2.24, 2.45) is 5.73 Å². The molecule has 0 atom stereocenters. The summed E-state index contributed by atoms with van der Waals surface area (Å²) in [7, 11) is 1.66.